The summed E-state index contributed by atoms with van der Waals surface area (Å²) in [4.78, 5) is 24.9. The van der Waals surface area contributed by atoms with E-state index < -0.39 is 5.92 Å². The lowest BCUT2D eigenvalue weighted by Gasteiger charge is -2.37. The highest BCUT2D eigenvalue weighted by atomic mass is 32.1. The number of amides is 1. The van der Waals surface area contributed by atoms with Gasteiger partial charge in [0.05, 0.1) is 16.6 Å². The molecule has 1 aliphatic heterocycles. The van der Waals surface area contributed by atoms with Crippen LogP contribution in [-0.4, -0.2) is 46.3 Å². The number of benzene rings is 1. The molecule has 2 aromatic heterocycles. The molecular formula is C23H26F2N4OS. The van der Waals surface area contributed by atoms with Crippen LogP contribution in [0.3, 0.4) is 0 Å². The molecule has 31 heavy (non-hydrogen) atoms. The molecule has 1 N–H and O–H groups in total. The Balaban J connectivity index is 1.53. The minimum absolute atomic E-state index is 0.160. The number of nitrogens with zero attached hydrogens (tertiary/aromatic N) is 3. The summed E-state index contributed by atoms with van der Waals surface area (Å²) in [6, 6.07) is 8.98. The number of fused-ring (bicyclic) bond motifs is 1. The van der Waals surface area contributed by atoms with Gasteiger partial charge in [0, 0.05) is 60.7 Å². The standard InChI is InChI=1S/C23H26F2N4OS/c1-2-5-21-27-15-20(31-21)19(29-12-9-23(24,25)10-13-29)14-28-22(30)17-6-3-8-18-16(17)7-4-11-26-18/h3-4,6-8,11,15,19H,2,5,9-10,12-14H2,1H3,(H,28,30). The summed E-state index contributed by atoms with van der Waals surface area (Å²) in [5.74, 6) is -2.80. The van der Waals surface area contributed by atoms with Crippen LogP contribution in [0.4, 0.5) is 8.78 Å². The number of nitrogens with one attached hydrogen (secondary N) is 1. The van der Waals surface area contributed by atoms with Crippen molar-refractivity contribution in [1.29, 1.82) is 0 Å². The van der Waals surface area contributed by atoms with Crippen LogP contribution in [0.25, 0.3) is 10.9 Å². The Morgan fingerprint density at radius 1 is 1.23 bits per heavy atom. The van der Waals surface area contributed by atoms with Gasteiger partial charge in [0.2, 0.25) is 0 Å². The maximum atomic E-state index is 13.7. The van der Waals surface area contributed by atoms with Crippen molar-refractivity contribution in [2.75, 3.05) is 19.6 Å². The Labute approximate surface area is 184 Å². The van der Waals surface area contributed by atoms with Gasteiger partial charge in [0.1, 0.15) is 0 Å². The minimum atomic E-state index is -2.61. The lowest BCUT2D eigenvalue weighted by atomic mass is 10.0. The first-order valence-electron chi connectivity index (χ1n) is 10.7. The second-order valence-corrected chi connectivity index (χ2v) is 9.05. The fourth-order valence-corrected chi connectivity index (χ4v) is 5.12. The number of alkyl halides is 2. The molecule has 3 aromatic rings. The number of hydrogen-bond acceptors (Lipinski definition) is 5. The normalized spacial score (nSPS) is 17.5. The summed E-state index contributed by atoms with van der Waals surface area (Å²) in [7, 11) is 0. The van der Waals surface area contributed by atoms with E-state index in [-0.39, 0.29) is 24.8 Å². The van der Waals surface area contributed by atoms with Crippen molar-refractivity contribution in [3.63, 3.8) is 0 Å². The Morgan fingerprint density at radius 2 is 2.03 bits per heavy atom. The first-order chi connectivity index (χ1) is 15.0. The number of carbonyl (C=O) groups is 1. The Morgan fingerprint density at radius 3 is 2.81 bits per heavy atom. The van der Waals surface area contributed by atoms with E-state index in [2.05, 4.69) is 22.2 Å². The number of pyridine rings is 1. The largest absolute Gasteiger partial charge is 0.350 e. The first-order valence-corrected chi connectivity index (χ1v) is 11.5. The molecule has 0 bridgehead atoms. The number of carbonyl (C=O) groups excluding carboxylic acids is 1. The smallest absolute Gasteiger partial charge is 0.252 e. The number of hydrogen-bond donors (Lipinski definition) is 1. The van der Waals surface area contributed by atoms with Crippen LogP contribution in [0.2, 0.25) is 0 Å². The Kier molecular flexibility index (Phi) is 6.57. The number of piperidine rings is 1. The topological polar surface area (TPSA) is 58.1 Å². The highest BCUT2D eigenvalue weighted by Gasteiger charge is 2.37. The molecular weight excluding hydrogens is 418 g/mol. The second kappa shape index (κ2) is 9.36. The lowest BCUT2D eigenvalue weighted by molar-refractivity contribution is -0.0629. The molecule has 164 valence electrons. The van der Waals surface area contributed by atoms with Crippen molar-refractivity contribution in [1.82, 2.24) is 20.2 Å². The van der Waals surface area contributed by atoms with Gasteiger partial charge in [-0.3, -0.25) is 14.7 Å². The number of halogens is 2. The van der Waals surface area contributed by atoms with Crippen LogP contribution < -0.4 is 5.32 Å². The van der Waals surface area contributed by atoms with Gasteiger partial charge in [0.25, 0.3) is 11.8 Å². The van der Waals surface area contributed by atoms with Crippen LogP contribution in [0.1, 0.15) is 52.5 Å². The molecule has 1 atom stereocenters. The predicted octanol–water partition coefficient (Wildman–Crippen LogP) is 4.85. The zero-order valence-electron chi connectivity index (χ0n) is 17.5. The first kappa shape index (κ1) is 21.8. The number of rotatable bonds is 7. The quantitative estimate of drug-likeness (QED) is 0.566. The molecule has 1 amide bonds. The predicted molar refractivity (Wildman–Crippen MR) is 119 cm³/mol. The van der Waals surface area contributed by atoms with E-state index in [0.29, 0.717) is 25.2 Å². The summed E-state index contributed by atoms with van der Waals surface area (Å²) >= 11 is 1.61. The van der Waals surface area contributed by atoms with Crippen molar-refractivity contribution >= 4 is 28.1 Å². The summed E-state index contributed by atoms with van der Waals surface area (Å²) in [5.41, 5.74) is 1.32. The number of thiazole rings is 1. The molecule has 4 rings (SSSR count). The van der Waals surface area contributed by atoms with E-state index in [4.69, 9.17) is 0 Å². The maximum absolute atomic E-state index is 13.7. The molecule has 1 unspecified atom stereocenters. The monoisotopic (exact) mass is 444 g/mol. The molecule has 3 heterocycles. The molecule has 1 saturated heterocycles. The van der Waals surface area contributed by atoms with Gasteiger partial charge >= 0.3 is 0 Å². The zero-order valence-corrected chi connectivity index (χ0v) is 18.3. The van der Waals surface area contributed by atoms with E-state index in [9.17, 15) is 13.6 Å². The molecule has 0 aliphatic carbocycles. The fraction of sp³-hybridized carbons (Fsp3) is 0.435. The van der Waals surface area contributed by atoms with Crippen molar-refractivity contribution < 1.29 is 13.6 Å². The molecule has 0 spiro atoms. The number of aromatic nitrogens is 2. The van der Waals surface area contributed by atoms with Gasteiger partial charge < -0.3 is 5.32 Å². The van der Waals surface area contributed by atoms with Gasteiger partial charge in [-0.1, -0.05) is 19.1 Å². The number of aryl methyl sites for hydroxylation is 1. The van der Waals surface area contributed by atoms with Crippen molar-refractivity contribution in [2.24, 2.45) is 0 Å². The van der Waals surface area contributed by atoms with Gasteiger partial charge in [-0.05, 0) is 31.0 Å². The van der Waals surface area contributed by atoms with Gasteiger partial charge in [-0.2, -0.15) is 0 Å². The van der Waals surface area contributed by atoms with Gasteiger partial charge in [-0.25, -0.2) is 13.8 Å². The summed E-state index contributed by atoms with van der Waals surface area (Å²) in [6.45, 7) is 3.04. The Bertz CT molecular complexity index is 1040. The zero-order chi connectivity index (χ0) is 21.8. The van der Waals surface area contributed by atoms with Crippen LogP contribution >= 0.6 is 11.3 Å². The average molecular weight is 445 g/mol. The highest BCUT2D eigenvalue weighted by Crippen LogP contribution is 2.34. The van der Waals surface area contributed by atoms with E-state index in [1.807, 2.05) is 35.4 Å². The molecule has 1 aromatic carbocycles. The summed E-state index contributed by atoms with van der Waals surface area (Å²) < 4.78 is 27.4. The van der Waals surface area contributed by atoms with Crippen LogP contribution in [0.15, 0.2) is 42.7 Å². The van der Waals surface area contributed by atoms with E-state index in [1.165, 1.54) is 0 Å². The number of likely N-dealkylation sites (tertiary alicyclic amines) is 1. The SMILES string of the molecule is CCCc1ncc(C(CNC(=O)c2cccc3ncccc23)N2CCC(F)(F)CC2)s1. The van der Waals surface area contributed by atoms with E-state index in [1.54, 1.807) is 23.6 Å². The average Bonchev–Trinajstić information content (AvgIpc) is 3.23. The summed E-state index contributed by atoms with van der Waals surface area (Å²) in [5, 5.41) is 4.86. The third-order valence-corrected chi connectivity index (χ3v) is 6.84. The van der Waals surface area contributed by atoms with Crippen molar-refractivity contribution in [2.45, 2.75) is 44.6 Å². The fourth-order valence-electron chi connectivity index (χ4n) is 3.97. The van der Waals surface area contributed by atoms with Crippen LogP contribution in [0.5, 0.6) is 0 Å². The molecule has 5 nitrogen and oxygen atoms in total. The lowest BCUT2D eigenvalue weighted by Crippen LogP contribution is -2.44. The van der Waals surface area contributed by atoms with Gasteiger partial charge in [-0.15, -0.1) is 11.3 Å². The van der Waals surface area contributed by atoms with E-state index >= 15 is 0 Å². The van der Waals surface area contributed by atoms with Crippen molar-refractivity contribution in [3.05, 3.63) is 58.2 Å². The molecule has 0 radical (unpaired) electrons. The van der Waals surface area contributed by atoms with E-state index in [0.717, 1.165) is 33.6 Å². The molecule has 0 saturated carbocycles. The third kappa shape index (κ3) is 5.07. The maximum Gasteiger partial charge on any atom is 0.252 e. The molecule has 1 aliphatic rings. The van der Waals surface area contributed by atoms with Crippen molar-refractivity contribution in [3.8, 4) is 0 Å². The molecule has 1 fully saturated rings. The van der Waals surface area contributed by atoms with Gasteiger partial charge in [0.15, 0.2) is 0 Å². The summed E-state index contributed by atoms with van der Waals surface area (Å²) in [6.07, 6.45) is 5.11. The van der Waals surface area contributed by atoms with Crippen LogP contribution in [0, 0.1) is 0 Å². The second-order valence-electron chi connectivity index (χ2n) is 7.90. The van der Waals surface area contributed by atoms with Crippen LogP contribution in [-0.2, 0) is 6.42 Å². The minimum Gasteiger partial charge on any atom is -0.350 e. The highest BCUT2D eigenvalue weighted by molar-refractivity contribution is 7.11. The Hall–Kier alpha value is -2.45. The molecule has 8 heteroatoms. The third-order valence-electron chi connectivity index (χ3n) is 5.68.